The Hall–Kier alpha value is -0.600. The number of methoxy groups -OCH3 is 2. The highest BCUT2D eigenvalue weighted by atomic mass is 16.7. The van der Waals surface area contributed by atoms with Gasteiger partial charge in [-0.15, -0.1) is 0 Å². The standard InChI is InChI=1S/C26H46O2/c1-4-5-6-7-8-9-16-21-26(27-2,28-3)22-25(23-17-12-10-13-18-23)24-19-14-11-15-20-24/h17,19,25H,4-16,18,20-22H2,1-3H3. The van der Waals surface area contributed by atoms with E-state index >= 15 is 0 Å². The number of allylic oxidation sites excluding steroid dienone is 4. The number of ether oxygens (including phenoxy) is 2. The molecule has 0 aromatic heterocycles. The lowest BCUT2D eigenvalue weighted by atomic mass is 9.76. The van der Waals surface area contributed by atoms with Gasteiger partial charge < -0.3 is 9.47 Å². The fourth-order valence-electron chi connectivity index (χ4n) is 5.08. The zero-order valence-corrected chi connectivity index (χ0v) is 19.1. The van der Waals surface area contributed by atoms with Crippen molar-refractivity contribution in [1.29, 1.82) is 0 Å². The second-order valence-electron chi connectivity index (χ2n) is 9.00. The summed E-state index contributed by atoms with van der Waals surface area (Å²) in [5.41, 5.74) is 3.33. The summed E-state index contributed by atoms with van der Waals surface area (Å²) in [7, 11) is 3.71. The molecular formula is C26H46O2. The third kappa shape index (κ3) is 7.67. The van der Waals surface area contributed by atoms with Crippen molar-refractivity contribution in [2.24, 2.45) is 5.92 Å². The molecule has 0 saturated carbocycles. The van der Waals surface area contributed by atoms with Gasteiger partial charge >= 0.3 is 0 Å². The summed E-state index contributed by atoms with van der Waals surface area (Å²) in [5.74, 6) is 0.107. The summed E-state index contributed by atoms with van der Waals surface area (Å²) in [4.78, 5) is 0. The Bertz CT molecular complexity index is 447. The largest absolute Gasteiger partial charge is 0.353 e. The van der Waals surface area contributed by atoms with Crippen LogP contribution < -0.4 is 0 Å². The maximum Gasteiger partial charge on any atom is 0.168 e. The Morgan fingerprint density at radius 1 is 0.786 bits per heavy atom. The minimum absolute atomic E-state index is 0.426. The lowest BCUT2D eigenvalue weighted by Crippen LogP contribution is -2.37. The van der Waals surface area contributed by atoms with Crippen LogP contribution in [0.4, 0.5) is 0 Å². The van der Waals surface area contributed by atoms with Crippen LogP contribution in [0.5, 0.6) is 0 Å². The van der Waals surface area contributed by atoms with Crippen molar-refractivity contribution in [2.75, 3.05) is 14.2 Å². The SMILES string of the molecule is CCCCCCCCCC(CC(C1=CCCCC1)C1=CCCCC1)(OC)OC. The molecule has 0 unspecified atom stereocenters. The number of hydrogen-bond acceptors (Lipinski definition) is 2. The summed E-state index contributed by atoms with van der Waals surface area (Å²) in [6, 6.07) is 0. The van der Waals surface area contributed by atoms with Crippen molar-refractivity contribution in [2.45, 2.75) is 122 Å². The number of rotatable bonds is 14. The maximum absolute atomic E-state index is 6.07. The Morgan fingerprint density at radius 3 is 1.79 bits per heavy atom. The molecule has 0 aromatic carbocycles. The molecule has 0 fully saturated rings. The van der Waals surface area contributed by atoms with E-state index in [2.05, 4.69) is 19.1 Å². The van der Waals surface area contributed by atoms with Crippen LogP contribution in [0, 0.1) is 5.92 Å². The highest BCUT2D eigenvalue weighted by Crippen LogP contribution is 2.41. The minimum atomic E-state index is -0.426. The number of unbranched alkanes of at least 4 members (excludes halogenated alkanes) is 6. The molecule has 2 aliphatic carbocycles. The molecule has 0 aromatic rings. The molecule has 28 heavy (non-hydrogen) atoms. The van der Waals surface area contributed by atoms with E-state index in [1.165, 1.54) is 96.3 Å². The van der Waals surface area contributed by atoms with E-state index < -0.39 is 5.79 Å². The molecule has 0 radical (unpaired) electrons. The average Bonchev–Trinajstić information content (AvgIpc) is 2.77. The zero-order valence-electron chi connectivity index (χ0n) is 19.1. The lowest BCUT2D eigenvalue weighted by Gasteiger charge is -2.37. The van der Waals surface area contributed by atoms with E-state index in [4.69, 9.17) is 9.47 Å². The normalized spacial score (nSPS) is 18.3. The van der Waals surface area contributed by atoms with Crippen molar-refractivity contribution >= 4 is 0 Å². The summed E-state index contributed by atoms with van der Waals surface area (Å²) >= 11 is 0. The summed E-state index contributed by atoms with van der Waals surface area (Å²) < 4.78 is 12.1. The molecule has 0 aliphatic heterocycles. The number of hydrogen-bond donors (Lipinski definition) is 0. The van der Waals surface area contributed by atoms with Gasteiger partial charge in [-0.1, -0.05) is 68.7 Å². The van der Waals surface area contributed by atoms with Crippen LogP contribution in [0.25, 0.3) is 0 Å². The molecule has 0 bridgehead atoms. The molecule has 0 N–H and O–H groups in total. The first-order chi connectivity index (χ1) is 13.7. The predicted molar refractivity (Wildman–Crippen MR) is 121 cm³/mol. The van der Waals surface area contributed by atoms with E-state index in [9.17, 15) is 0 Å². The Kier molecular flexibility index (Phi) is 11.5. The van der Waals surface area contributed by atoms with E-state index in [-0.39, 0.29) is 0 Å². The fourth-order valence-corrected chi connectivity index (χ4v) is 5.08. The molecule has 162 valence electrons. The van der Waals surface area contributed by atoms with E-state index in [0.29, 0.717) is 5.92 Å². The van der Waals surface area contributed by atoms with Gasteiger partial charge in [0, 0.05) is 33.0 Å². The molecule has 0 heterocycles. The van der Waals surface area contributed by atoms with Gasteiger partial charge in [0.1, 0.15) is 0 Å². The Labute approximate surface area is 175 Å². The summed E-state index contributed by atoms with van der Waals surface area (Å²) in [6.45, 7) is 2.28. The predicted octanol–water partition coefficient (Wildman–Crippen LogP) is 8.12. The molecule has 0 saturated heterocycles. The molecule has 2 rings (SSSR count). The quantitative estimate of drug-likeness (QED) is 0.169. The van der Waals surface area contributed by atoms with Gasteiger partial charge in [-0.2, -0.15) is 0 Å². The van der Waals surface area contributed by atoms with Gasteiger partial charge in [0.05, 0.1) is 0 Å². The minimum Gasteiger partial charge on any atom is -0.353 e. The molecular weight excluding hydrogens is 344 g/mol. The van der Waals surface area contributed by atoms with Gasteiger partial charge in [-0.05, 0) is 57.8 Å². The fraction of sp³-hybridized carbons (Fsp3) is 0.846. The van der Waals surface area contributed by atoms with E-state index in [0.717, 1.165) is 12.8 Å². The first kappa shape index (κ1) is 23.7. The van der Waals surface area contributed by atoms with Crippen molar-refractivity contribution < 1.29 is 9.47 Å². The van der Waals surface area contributed by atoms with Gasteiger partial charge in [0.25, 0.3) is 0 Å². The van der Waals surface area contributed by atoms with Crippen LogP contribution >= 0.6 is 0 Å². The molecule has 2 nitrogen and oxygen atoms in total. The Morgan fingerprint density at radius 2 is 1.32 bits per heavy atom. The molecule has 2 aliphatic rings. The second kappa shape index (κ2) is 13.6. The van der Waals surface area contributed by atoms with Crippen molar-refractivity contribution in [3.8, 4) is 0 Å². The van der Waals surface area contributed by atoms with Crippen LogP contribution in [0.15, 0.2) is 23.3 Å². The highest BCUT2D eigenvalue weighted by Gasteiger charge is 2.35. The summed E-state index contributed by atoms with van der Waals surface area (Å²) in [5, 5.41) is 0. The second-order valence-corrected chi connectivity index (χ2v) is 9.00. The van der Waals surface area contributed by atoms with Crippen LogP contribution in [0.1, 0.15) is 116 Å². The average molecular weight is 391 g/mol. The highest BCUT2D eigenvalue weighted by molar-refractivity contribution is 5.24. The third-order valence-electron chi connectivity index (χ3n) is 6.97. The van der Waals surface area contributed by atoms with Crippen molar-refractivity contribution in [3.63, 3.8) is 0 Å². The smallest absolute Gasteiger partial charge is 0.168 e. The van der Waals surface area contributed by atoms with Crippen LogP contribution in [-0.4, -0.2) is 20.0 Å². The topological polar surface area (TPSA) is 18.5 Å². The monoisotopic (exact) mass is 390 g/mol. The van der Waals surface area contributed by atoms with Crippen molar-refractivity contribution in [1.82, 2.24) is 0 Å². The molecule has 0 atom stereocenters. The van der Waals surface area contributed by atoms with Crippen molar-refractivity contribution in [3.05, 3.63) is 23.3 Å². The van der Waals surface area contributed by atoms with Crippen LogP contribution in [0.2, 0.25) is 0 Å². The first-order valence-electron chi connectivity index (χ1n) is 12.2. The van der Waals surface area contributed by atoms with Crippen LogP contribution in [-0.2, 0) is 9.47 Å². The van der Waals surface area contributed by atoms with Crippen LogP contribution in [0.3, 0.4) is 0 Å². The van der Waals surface area contributed by atoms with Gasteiger partial charge in [0.2, 0.25) is 0 Å². The van der Waals surface area contributed by atoms with Gasteiger partial charge in [-0.3, -0.25) is 0 Å². The van der Waals surface area contributed by atoms with Gasteiger partial charge in [0.15, 0.2) is 5.79 Å². The van der Waals surface area contributed by atoms with E-state index in [1.54, 1.807) is 11.1 Å². The third-order valence-corrected chi connectivity index (χ3v) is 6.97. The molecule has 0 spiro atoms. The maximum atomic E-state index is 6.07. The molecule has 0 amide bonds. The van der Waals surface area contributed by atoms with E-state index in [1.807, 2.05) is 14.2 Å². The first-order valence-corrected chi connectivity index (χ1v) is 12.2. The lowest BCUT2D eigenvalue weighted by molar-refractivity contribution is -0.219. The molecule has 2 heteroatoms. The zero-order chi connectivity index (χ0) is 20.1. The summed E-state index contributed by atoms with van der Waals surface area (Å²) in [6.07, 6.45) is 26.9. The Balaban J connectivity index is 1.98. The van der Waals surface area contributed by atoms with Gasteiger partial charge in [-0.25, -0.2) is 0 Å².